The fraction of sp³-hybridized carbons (Fsp3) is 0.480. The van der Waals surface area contributed by atoms with E-state index < -0.39 is 11.2 Å². The standard InChI is InChI=1S/C25H30N2O3/c1-18-13-16-26-22(27-18)12-15-25(29-5)14-11-20(23(28)30-24(2,3)4)21(17-25)19-9-7-6-8-10-19/h6-10,13,16,20-21H,11,14,17H2,1-5H3/t20-,21+,25?/m1/s1. The smallest absolute Gasteiger partial charge is 0.310 e. The lowest BCUT2D eigenvalue weighted by molar-refractivity contribution is -0.163. The molecular formula is C25H30N2O3. The third kappa shape index (κ3) is 5.46. The van der Waals surface area contributed by atoms with Gasteiger partial charge in [-0.3, -0.25) is 4.79 Å². The summed E-state index contributed by atoms with van der Waals surface area (Å²) in [5, 5.41) is 0. The van der Waals surface area contributed by atoms with E-state index in [9.17, 15) is 4.79 Å². The van der Waals surface area contributed by atoms with Crippen LogP contribution in [0.5, 0.6) is 0 Å². The van der Waals surface area contributed by atoms with Crippen molar-refractivity contribution in [2.45, 2.75) is 64.1 Å². The van der Waals surface area contributed by atoms with Crippen LogP contribution in [0.2, 0.25) is 0 Å². The average molecular weight is 407 g/mol. The molecule has 3 rings (SSSR count). The Morgan fingerprint density at radius 1 is 1.20 bits per heavy atom. The molecule has 1 saturated carbocycles. The molecule has 0 aliphatic heterocycles. The molecule has 158 valence electrons. The summed E-state index contributed by atoms with van der Waals surface area (Å²) in [7, 11) is 1.68. The number of aromatic nitrogens is 2. The van der Waals surface area contributed by atoms with Gasteiger partial charge in [-0.15, -0.1) is 0 Å². The molecule has 5 heteroatoms. The minimum Gasteiger partial charge on any atom is -0.460 e. The molecule has 30 heavy (non-hydrogen) atoms. The van der Waals surface area contributed by atoms with Gasteiger partial charge in [0.1, 0.15) is 11.2 Å². The van der Waals surface area contributed by atoms with Crippen molar-refractivity contribution < 1.29 is 14.3 Å². The van der Waals surface area contributed by atoms with Crippen molar-refractivity contribution >= 4 is 5.97 Å². The summed E-state index contributed by atoms with van der Waals surface area (Å²) in [6.45, 7) is 7.62. The molecule has 1 aromatic carbocycles. The molecule has 1 aliphatic rings. The molecule has 3 atom stereocenters. The molecule has 2 aromatic rings. The zero-order valence-electron chi connectivity index (χ0n) is 18.4. The second-order valence-electron chi connectivity index (χ2n) is 8.87. The minimum absolute atomic E-state index is 0.0394. The first kappa shape index (κ1) is 22.0. The van der Waals surface area contributed by atoms with Crippen molar-refractivity contribution in [1.82, 2.24) is 9.97 Å². The van der Waals surface area contributed by atoms with E-state index >= 15 is 0 Å². The van der Waals surface area contributed by atoms with E-state index in [2.05, 4.69) is 33.9 Å². The Morgan fingerprint density at radius 2 is 1.93 bits per heavy atom. The van der Waals surface area contributed by atoms with Crippen molar-refractivity contribution in [2.75, 3.05) is 7.11 Å². The van der Waals surface area contributed by atoms with Gasteiger partial charge in [0.2, 0.25) is 5.82 Å². The number of methoxy groups -OCH3 is 1. The van der Waals surface area contributed by atoms with Gasteiger partial charge in [0.25, 0.3) is 0 Å². The third-order valence-corrected chi connectivity index (χ3v) is 5.42. The van der Waals surface area contributed by atoms with Crippen LogP contribution in [0.15, 0.2) is 42.6 Å². The summed E-state index contributed by atoms with van der Waals surface area (Å²) in [5.41, 5.74) is 0.794. The van der Waals surface area contributed by atoms with Crippen LogP contribution >= 0.6 is 0 Å². The van der Waals surface area contributed by atoms with Crippen LogP contribution in [0.1, 0.15) is 63.0 Å². The molecule has 1 aromatic heterocycles. The Morgan fingerprint density at radius 3 is 2.57 bits per heavy atom. The Hall–Kier alpha value is -2.71. The zero-order chi connectivity index (χ0) is 21.8. The van der Waals surface area contributed by atoms with Crippen LogP contribution in [-0.2, 0) is 14.3 Å². The van der Waals surface area contributed by atoms with Gasteiger partial charge in [0, 0.05) is 24.9 Å². The number of carbonyl (C=O) groups excluding carboxylic acids is 1. The van der Waals surface area contributed by atoms with E-state index in [1.165, 1.54) is 0 Å². The molecule has 0 spiro atoms. The summed E-state index contributed by atoms with van der Waals surface area (Å²) >= 11 is 0. The summed E-state index contributed by atoms with van der Waals surface area (Å²) in [5.74, 6) is 6.43. The lowest BCUT2D eigenvalue weighted by Gasteiger charge is -2.41. The van der Waals surface area contributed by atoms with Gasteiger partial charge in [0.15, 0.2) is 0 Å². The molecule has 1 unspecified atom stereocenters. The first-order valence-corrected chi connectivity index (χ1v) is 10.4. The number of benzene rings is 1. The molecule has 0 bridgehead atoms. The normalized spacial score (nSPS) is 23.9. The monoisotopic (exact) mass is 406 g/mol. The molecular weight excluding hydrogens is 376 g/mol. The number of hydrogen-bond acceptors (Lipinski definition) is 5. The second kappa shape index (κ2) is 8.97. The highest BCUT2D eigenvalue weighted by atomic mass is 16.6. The quantitative estimate of drug-likeness (QED) is 0.557. The molecule has 0 radical (unpaired) electrons. The van der Waals surface area contributed by atoms with E-state index in [0.717, 1.165) is 11.3 Å². The minimum atomic E-state index is -0.661. The van der Waals surface area contributed by atoms with Crippen LogP contribution in [0.4, 0.5) is 0 Å². The fourth-order valence-corrected chi connectivity index (χ4v) is 3.93. The van der Waals surface area contributed by atoms with E-state index in [4.69, 9.17) is 9.47 Å². The fourth-order valence-electron chi connectivity index (χ4n) is 3.93. The maximum Gasteiger partial charge on any atom is 0.310 e. The molecule has 0 N–H and O–H groups in total. The summed E-state index contributed by atoms with van der Waals surface area (Å²) in [6, 6.07) is 11.9. The van der Waals surface area contributed by atoms with Crippen molar-refractivity contribution in [3.63, 3.8) is 0 Å². The van der Waals surface area contributed by atoms with E-state index in [1.54, 1.807) is 13.3 Å². The van der Waals surface area contributed by atoms with Crippen molar-refractivity contribution in [1.29, 1.82) is 0 Å². The van der Waals surface area contributed by atoms with E-state index in [0.29, 0.717) is 25.1 Å². The maximum absolute atomic E-state index is 13.0. The number of aryl methyl sites for hydroxylation is 1. The largest absolute Gasteiger partial charge is 0.460 e. The predicted molar refractivity (Wildman–Crippen MR) is 116 cm³/mol. The number of carbonyl (C=O) groups is 1. The first-order valence-electron chi connectivity index (χ1n) is 10.4. The highest BCUT2D eigenvalue weighted by Crippen LogP contribution is 2.45. The molecule has 5 nitrogen and oxygen atoms in total. The maximum atomic E-state index is 13.0. The van der Waals surface area contributed by atoms with Gasteiger partial charge in [-0.25, -0.2) is 9.97 Å². The summed E-state index contributed by atoms with van der Waals surface area (Å²) in [4.78, 5) is 21.6. The molecule has 0 amide bonds. The topological polar surface area (TPSA) is 61.3 Å². The summed E-state index contributed by atoms with van der Waals surface area (Å²) in [6.07, 6.45) is 3.61. The highest BCUT2D eigenvalue weighted by Gasteiger charge is 2.45. The molecule has 1 fully saturated rings. The van der Waals surface area contributed by atoms with Gasteiger partial charge in [0.05, 0.1) is 5.92 Å². The van der Waals surface area contributed by atoms with Gasteiger partial charge in [-0.05, 0) is 64.5 Å². The van der Waals surface area contributed by atoms with Crippen LogP contribution in [0.25, 0.3) is 0 Å². The van der Waals surface area contributed by atoms with Gasteiger partial charge in [-0.2, -0.15) is 0 Å². The average Bonchev–Trinajstić information content (AvgIpc) is 2.71. The van der Waals surface area contributed by atoms with E-state index in [1.807, 2.05) is 52.0 Å². The van der Waals surface area contributed by atoms with Crippen molar-refractivity contribution in [3.05, 3.63) is 59.7 Å². The van der Waals surface area contributed by atoms with Crippen LogP contribution < -0.4 is 0 Å². The predicted octanol–water partition coefficient (Wildman–Crippen LogP) is 4.45. The van der Waals surface area contributed by atoms with Crippen LogP contribution in [-0.4, -0.2) is 34.2 Å². The Labute approximate surface area is 179 Å². The SMILES string of the molecule is COC1(C#Cc2nccc(C)n2)CC[C@@H](C(=O)OC(C)(C)C)[C@H](c2ccccc2)C1. The van der Waals surface area contributed by atoms with Gasteiger partial charge >= 0.3 is 5.97 Å². The van der Waals surface area contributed by atoms with Crippen LogP contribution in [0, 0.1) is 24.7 Å². The zero-order valence-corrected chi connectivity index (χ0v) is 18.4. The molecule has 1 aliphatic carbocycles. The lowest BCUT2D eigenvalue weighted by Crippen LogP contribution is -2.43. The first-order chi connectivity index (χ1) is 14.2. The van der Waals surface area contributed by atoms with Gasteiger partial charge in [-0.1, -0.05) is 36.3 Å². The number of hydrogen-bond donors (Lipinski definition) is 0. The summed E-state index contributed by atoms with van der Waals surface area (Å²) < 4.78 is 11.7. The Bertz CT molecular complexity index is 940. The number of ether oxygens (including phenoxy) is 2. The third-order valence-electron chi connectivity index (χ3n) is 5.42. The second-order valence-corrected chi connectivity index (χ2v) is 8.87. The number of nitrogens with zero attached hydrogens (tertiary/aromatic N) is 2. The molecule has 0 saturated heterocycles. The van der Waals surface area contributed by atoms with Crippen LogP contribution in [0.3, 0.4) is 0 Å². The van der Waals surface area contributed by atoms with Gasteiger partial charge < -0.3 is 9.47 Å². The lowest BCUT2D eigenvalue weighted by atomic mass is 9.69. The number of rotatable bonds is 3. The van der Waals surface area contributed by atoms with Crippen molar-refractivity contribution in [3.8, 4) is 11.8 Å². The molecule has 1 heterocycles. The Kier molecular flexibility index (Phi) is 6.58. The Balaban J connectivity index is 1.92. The van der Waals surface area contributed by atoms with E-state index in [-0.39, 0.29) is 17.8 Å². The van der Waals surface area contributed by atoms with Crippen molar-refractivity contribution in [2.24, 2.45) is 5.92 Å². The number of esters is 1. The highest BCUT2D eigenvalue weighted by molar-refractivity contribution is 5.74.